The van der Waals surface area contributed by atoms with E-state index < -0.39 is 37.6 Å². The molecule has 0 fully saturated rings. The highest BCUT2D eigenvalue weighted by Crippen LogP contribution is 2.37. The predicted molar refractivity (Wildman–Crippen MR) is 90.2 cm³/mol. The van der Waals surface area contributed by atoms with Crippen LogP contribution in [0.5, 0.6) is 11.5 Å². The van der Waals surface area contributed by atoms with Gasteiger partial charge in [-0.3, -0.25) is 14.8 Å². The number of hydrogen-bond donors (Lipinski definition) is 1. The Morgan fingerprint density at radius 2 is 1.78 bits per heavy atom. The van der Waals surface area contributed by atoms with Crippen molar-refractivity contribution < 1.29 is 31.2 Å². The molecule has 0 saturated heterocycles. The molecule has 0 atom stereocenters. The summed E-state index contributed by atoms with van der Waals surface area (Å²) in [5.41, 5.74) is -4.42. The van der Waals surface area contributed by atoms with E-state index >= 15 is 0 Å². The van der Waals surface area contributed by atoms with E-state index in [0.717, 1.165) is 48.6 Å². The van der Waals surface area contributed by atoms with Crippen LogP contribution in [-0.4, -0.2) is 18.8 Å². The highest BCUT2D eigenvalue weighted by molar-refractivity contribution is 7.93. The molecule has 0 unspecified atom stereocenters. The summed E-state index contributed by atoms with van der Waals surface area (Å²) in [6, 6.07) is 7.65. The number of rotatable bonds is 5. The number of nitro benzene ring substituents is 1. The number of anilines is 1. The maximum atomic E-state index is 12.6. The van der Waals surface area contributed by atoms with Gasteiger partial charge >= 0.3 is 15.5 Å². The van der Waals surface area contributed by atoms with Crippen molar-refractivity contribution in [1.29, 1.82) is 0 Å². The second-order valence-electron chi connectivity index (χ2n) is 5.87. The molecule has 144 valence electrons. The van der Waals surface area contributed by atoms with Crippen LogP contribution < -0.4 is 9.46 Å². The Labute approximate surface area is 152 Å². The predicted octanol–water partition coefficient (Wildman–Crippen LogP) is 4.14. The number of non-ortho nitro benzene ring substituents is 1. The zero-order valence-electron chi connectivity index (χ0n) is 13.6. The lowest BCUT2D eigenvalue weighted by Gasteiger charge is -2.15. The number of fused-ring (bicyclic) bond motifs is 1. The third-order valence-corrected chi connectivity index (χ3v) is 5.12. The molecule has 27 heavy (non-hydrogen) atoms. The molecule has 3 rings (SSSR count). The van der Waals surface area contributed by atoms with Crippen LogP contribution in [0, 0.1) is 10.1 Å². The number of benzene rings is 2. The summed E-state index contributed by atoms with van der Waals surface area (Å²) < 4.78 is 67.5. The van der Waals surface area contributed by atoms with Crippen LogP contribution in [0.2, 0.25) is 0 Å². The molecule has 0 heterocycles. The molecule has 0 spiro atoms. The number of nitrogens with one attached hydrogen (secondary N) is 1. The number of sulfonamides is 1. The van der Waals surface area contributed by atoms with Crippen molar-refractivity contribution in [2.24, 2.45) is 0 Å². The second-order valence-corrected chi connectivity index (χ2v) is 7.55. The first-order chi connectivity index (χ1) is 12.6. The molecule has 0 radical (unpaired) electrons. The van der Waals surface area contributed by atoms with Crippen molar-refractivity contribution in [2.75, 3.05) is 4.72 Å². The Hall–Kier alpha value is -2.82. The number of alkyl halides is 3. The van der Waals surface area contributed by atoms with Crippen LogP contribution in [0.1, 0.15) is 17.5 Å². The van der Waals surface area contributed by atoms with Crippen molar-refractivity contribution in [3.63, 3.8) is 0 Å². The maximum absolute atomic E-state index is 12.6. The molecule has 7 nitrogen and oxygen atoms in total. The third kappa shape index (κ3) is 3.97. The van der Waals surface area contributed by atoms with Crippen LogP contribution in [0.25, 0.3) is 0 Å². The molecular formula is C16H13F3N2O5S. The van der Waals surface area contributed by atoms with E-state index in [1.54, 1.807) is 18.2 Å². The summed E-state index contributed by atoms with van der Waals surface area (Å²) in [6.45, 7) is 0. The Bertz CT molecular complexity index is 1010. The highest BCUT2D eigenvalue weighted by Gasteiger charge is 2.46. The van der Waals surface area contributed by atoms with Crippen LogP contribution in [0.15, 0.2) is 36.4 Å². The van der Waals surface area contributed by atoms with E-state index in [2.05, 4.69) is 0 Å². The second kappa shape index (κ2) is 6.72. The van der Waals surface area contributed by atoms with E-state index in [4.69, 9.17) is 4.74 Å². The van der Waals surface area contributed by atoms with E-state index in [1.165, 1.54) is 4.72 Å². The van der Waals surface area contributed by atoms with Gasteiger partial charge in [0.25, 0.3) is 5.69 Å². The van der Waals surface area contributed by atoms with E-state index in [-0.39, 0.29) is 5.75 Å². The molecule has 0 aromatic heterocycles. The van der Waals surface area contributed by atoms with Gasteiger partial charge in [-0.05, 0) is 48.6 Å². The molecule has 0 bridgehead atoms. The molecule has 2 aromatic rings. The number of ether oxygens (including phenoxy) is 1. The molecule has 0 amide bonds. The first-order valence-corrected chi connectivity index (χ1v) is 9.22. The third-order valence-electron chi connectivity index (χ3n) is 4.02. The first kappa shape index (κ1) is 19.0. The van der Waals surface area contributed by atoms with Crippen LogP contribution in [0.3, 0.4) is 0 Å². The van der Waals surface area contributed by atoms with Crippen LogP contribution in [-0.2, 0) is 22.9 Å². The molecule has 11 heteroatoms. The largest absolute Gasteiger partial charge is 0.516 e. The Balaban J connectivity index is 1.98. The molecule has 1 aliphatic rings. The number of nitrogens with zero attached hydrogens (tertiary/aromatic N) is 1. The number of aryl methyl sites for hydroxylation is 2. The van der Waals surface area contributed by atoms with Crippen LogP contribution >= 0.6 is 0 Å². The van der Waals surface area contributed by atoms with Gasteiger partial charge in [0.15, 0.2) is 5.75 Å². The number of nitro groups is 1. The zero-order chi connectivity index (χ0) is 19.8. The molecule has 1 aliphatic carbocycles. The lowest BCUT2D eigenvalue weighted by molar-refractivity contribution is -0.384. The van der Waals surface area contributed by atoms with Gasteiger partial charge in [0.1, 0.15) is 5.75 Å². The molecule has 2 aromatic carbocycles. The standard InChI is InChI=1S/C16H13F3N2O5S/c17-16(18,19)27(24,25)20-14-7-5-12(21(22)23)9-15(14)26-13-6-4-10-2-1-3-11(10)8-13/h4-9,20H,1-3H2. The van der Waals surface area contributed by atoms with Crippen molar-refractivity contribution in [3.8, 4) is 11.5 Å². The summed E-state index contributed by atoms with van der Waals surface area (Å²) >= 11 is 0. The fourth-order valence-electron chi connectivity index (χ4n) is 2.73. The van der Waals surface area contributed by atoms with Gasteiger partial charge in [0.05, 0.1) is 16.7 Å². The number of hydrogen-bond acceptors (Lipinski definition) is 5. The molecule has 0 saturated carbocycles. The highest BCUT2D eigenvalue weighted by atomic mass is 32.2. The van der Waals surface area contributed by atoms with Crippen molar-refractivity contribution in [1.82, 2.24) is 0 Å². The van der Waals surface area contributed by atoms with Gasteiger partial charge in [-0.25, -0.2) is 0 Å². The van der Waals surface area contributed by atoms with Gasteiger partial charge < -0.3 is 4.74 Å². The Kier molecular flexibility index (Phi) is 4.72. The fraction of sp³-hybridized carbons (Fsp3) is 0.250. The topological polar surface area (TPSA) is 98.5 Å². The quantitative estimate of drug-likeness (QED) is 0.599. The summed E-state index contributed by atoms with van der Waals surface area (Å²) in [4.78, 5) is 10.2. The fourth-order valence-corrected chi connectivity index (χ4v) is 3.31. The van der Waals surface area contributed by atoms with Gasteiger partial charge in [0.2, 0.25) is 0 Å². The van der Waals surface area contributed by atoms with Crippen molar-refractivity contribution >= 4 is 21.4 Å². The summed E-state index contributed by atoms with van der Waals surface area (Å²) in [5, 5.41) is 10.9. The summed E-state index contributed by atoms with van der Waals surface area (Å²) in [6.07, 6.45) is 2.68. The lowest BCUT2D eigenvalue weighted by atomic mass is 10.1. The zero-order valence-corrected chi connectivity index (χ0v) is 14.4. The Morgan fingerprint density at radius 3 is 2.44 bits per heavy atom. The van der Waals surface area contributed by atoms with Gasteiger partial charge in [-0.1, -0.05) is 6.07 Å². The first-order valence-electron chi connectivity index (χ1n) is 7.74. The average molecular weight is 402 g/mol. The molecule has 0 aliphatic heterocycles. The lowest BCUT2D eigenvalue weighted by Crippen LogP contribution is -2.30. The monoisotopic (exact) mass is 402 g/mol. The maximum Gasteiger partial charge on any atom is 0.516 e. The van der Waals surface area contributed by atoms with Gasteiger partial charge in [-0.2, -0.15) is 21.6 Å². The van der Waals surface area contributed by atoms with Crippen molar-refractivity contribution in [2.45, 2.75) is 24.8 Å². The van der Waals surface area contributed by atoms with Crippen LogP contribution in [0.4, 0.5) is 24.5 Å². The smallest absolute Gasteiger partial charge is 0.455 e. The molecule has 1 N–H and O–H groups in total. The SMILES string of the molecule is O=[N+]([O-])c1ccc(NS(=O)(=O)C(F)(F)F)c(Oc2ccc3c(c2)CCC3)c1. The summed E-state index contributed by atoms with van der Waals surface area (Å²) in [7, 11) is -5.71. The van der Waals surface area contributed by atoms with E-state index in [9.17, 15) is 31.7 Å². The number of halogens is 3. The van der Waals surface area contributed by atoms with E-state index in [1.807, 2.05) is 0 Å². The minimum atomic E-state index is -5.71. The van der Waals surface area contributed by atoms with Gasteiger partial charge in [0, 0.05) is 6.07 Å². The minimum Gasteiger partial charge on any atom is -0.455 e. The van der Waals surface area contributed by atoms with Gasteiger partial charge in [-0.15, -0.1) is 0 Å². The average Bonchev–Trinajstić information content (AvgIpc) is 3.02. The molecular weight excluding hydrogens is 389 g/mol. The van der Waals surface area contributed by atoms with Crippen molar-refractivity contribution in [3.05, 3.63) is 57.6 Å². The normalized spacial score (nSPS) is 13.9. The Morgan fingerprint density at radius 1 is 1.07 bits per heavy atom. The van der Waals surface area contributed by atoms with E-state index in [0.29, 0.717) is 0 Å². The summed E-state index contributed by atoms with van der Waals surface area (Å²) in [5.74, 6) is -0.168. The minimum absolute atomic E-state index is 0.239.